The molecule has 1 unspecified atom stereocenters. The molecule has 2 amide bonds. The number of carbonyl (C=O) groups excluding carboxylic acids is 2. The van der Waals surface area contributed by atoms with Gasteiger partial charge in [0, 0.05) is 20.6 Å². The second-order valence-corrected chi connectivity index (χ2v) is 4.31. The Hall–Kier alpha value is -1.88. The smallest absolute Gasteiger partial charge is 0.235 e. The van der Waals surface area contributed by atoms with Crippen LogP contribution in [0.4, 0.5) is 0 Å². The van der Waals surface area contributed by atoms with Gasteiger partial charge in [0.15, 0.2) is 0 Å². The molecule has 1 atom stereocenters. The van der Waals surface area contributed by atoms with E-state index in [1.54, 1.807) is 14.1 Å². The molecule has 0 aromatic heterocycles. The first-order valence-corrected chi connectivity index (χ1v) is 5.77. The van der Waals surface area contributed by atoms with Crippen LogP contribution in [0, 0.1) is 0 Å². The van der Waals surface area contributed by atoms with E-state index < -0.39 is 11.9 Å². The van der Waals surface area contributed by atoms with Crippen molar-refractivity contribution in [1.82, 2.24) is 10.2 Å². The predicted octanol–water partition coefficient (Wildman–Crippen LogP) is 0.108. The number of hydrogen-bond acceptors (Lipinski definition) is 3. The van der Waals surface area contributed by atoms with Crippen molar-refractivity contribution in [1.29, 1.82) is 0 Å². The van der Waals surface area contributed by atoms with Crippen LogP contribution in [0.5, 0.6) is 0 Å². The number of carbonyl (C=O) groups is 2. The molecule has 0 aliphatic carbocycles. The first kappa shape index (κ1) is 14.2. The van der Waals surface area contributed by atoms with E-state index in [4.69, 9.17) is 5.73 Å². The molecule has 0 radical (unpaired) electrons. The summed E-state index contributed by atoms with van der Waals surface area (Å²) in [5.74, 6) is -0.638. The van der Waals surface area contributed by atoms with Gasteiger partial charge in [-0.3, -0.25) is 9.59 Å². The Morgan fingerprint density at radius 2 is 1.89 bits per heavy atom. The minimum atomic E-state index is -0.639. The zero-order valence-corrected chi connectivity index (χ0v) is 10.7. The summed E-state index contributed by atoms with van der Waals surface area (Å²) in [7, 11) is 3.30. The second-order valence-electron chi connectivity index (χ2n) is 4.31. The van der Waals surface area contributed by atoms with Gasteiger partial charge in [-0.15, -0.1) is 0 Å². The quantitative estimate of drug-likeness (QED) is 0.751. The van der Waals surface area contributed by atoms with Gasteiger partial charge >= 0.3 is 0 Å². The van der Waals surface area contributed by atoms with Crippen molar-refractivity contribution in [2.75, 3.05) is 14.1 Å². The average Bonchev–Trinajstić information content (AvgIpc) is 2.34. The van der Waals surface area contributed by atoms with Gasteiger partial charge < -0.3 is 16.0 Å². The van der Waals surface area contributed by atoms with Gasteiger partial charge in [0.05, 0.1) is 12.5 Å². The summed E-state index contributed by atoms with van der Waals surface area (Å²) in [4.78, 5) is 24.3. The number of nitrogens with one attached hydrogen (secondary N) is 1. The lowest BCUT2D eigenvalue weighted by Crippen LogP contribution is -2.44. The van der Waals surface area contributed by atoms with Gasteiger partial charge in [-0.1, -0.05) is 30.3 Å². The lowest BCUT2D eigenvalue weighted by atomic mass is 10.1. The van der Waals surface area contributed by atoms with E-state index in [-0.39, 0.29) is 12.3 Å². The number of benzene rings is 1. The number of nitrogens with two attached hydrogens (primary N) is 1. The van der Waals surface area contributed by atoms with E-state index in [9.17, 15) is 9.59 Å². The van der Waals surface area contributed by atoms with Crippen molar-refractivity contribution in [2.24, 2.45) is 5.73 Å². The lowest BCUT2D eigenvalue weighted by Gasteiger charge is -2.17. The van der Waals surface area contributed by atoms with E-state index in [1.165, 1.54) is 4.90 Å². The van der Waals surface area contributed by atoms with Gasteiger partial charge in [-0.05, 0) is 5.56 Å². The molecule has 0 saturated heterocycles. The molecule has 98 valence electrons. The summed E-state index contributed by atoms with van der Waals surface area (Å²) in [5.41, 5.74) is 6.32. The molecule has 0 heterocycles. The normalized spacial score (nSPS) is 11.9. The van der Waals surface area contributed by atoms with Crippen molar-refractivity contribution >= 4 is 11.8 Å². The second kappa shape index (κ2) is 6.76. The summed E-state index contributed by atoms with van der Waals surface area (Å²) in [5, 5.41) is 3.00. The Morgan fingerprint density at radius 1 is 1.28 bits per heavy atom. The number of amides is 2. The molecule has 18 heavy (non-hydrogen) atoms. The van der Waals surface area contributed by atoms with E-state index in [0.29, 0.717) is 6.54 Å². The molecule has 5 nitrogen and oxygen atoms in total. The molecule has 1 rings (SSSR count). The summed E-state index contributed by atoms with van der Waals surface area (Å²) >= 11 is 0. The van der Waals surface area contributed by atoms with Gasteiger partial charge in [0.2, 0.25) is 11.8 Å². The third-order valence-electron chi connectivity index (χ3n) is 2.62. The highest BCUT2D eigenvalue weighted by molar-refractivity contribution is 5.87. The van der Waals surface area contributed by atoms with Crippen LogP contribution in [0.1, 0.15) is 12.0 Å². The third-order valence-corrected chi connectivity index (χ3v) is 2.62. The monoisotopic (exact) mass is 249 g/mol. The maximum atomic E-state index is 11.5. The molecule has 0 spiro atoms. The molecule has 0 fully saturated rings. The summed E-state index contributed by atoms with van der Waals surface area (Å²) in [6, 6.07) is 9.00. The van der Waals surface area contributed by atoms with Gasteiger partial charge in [0.1, 0.15) is 0 Å². The molecule has 0 aliphatic rings. The SMILES string of the molecule is CN(C)C(=O)CC(NCc1ccccc1)C(N)=O. The zero-order chi connectivity index (χ0) is 13.5. The predicted molar refractivity (Wildman–Crippen MR) is 69.6 cm³/mol. The van der Waals surface area contributed by atoms with Crippen LogP contribution < -0.4 is 11.1 Å². The van der Waals surface area contributed by atoms with Crippen molar-refractivity contribution in [3.63, 3.8) is 0 Å². The fraction of sp³-hybridized carbons (Fsp3) is 0.385. The number of hydrogen-bond donors (Lipinski definition) is 2. The highest BCUT2D eigenvalue weighted by Gasteiger charge is 2.19. The molecule has 0 saturated carbocycles. The molecule has 1 aromatic rings. The lowest BCUT2D eigenvalue weighted by molar-refractivity contribution is -0.132. The highest BCUT2D eigenvalue weighted by atomic mass is 16.2. The minimum absolute atomic E-state index is 0.0785. The van der Waals surface area contributed by atoms with Crippen LogP contribution in [-0.2, 0) is 16.1 Å². The van der Waals surface area contributed by atoms with Crippen molar-refractivity contribution in [2.45, 2.75) is 19.0 Å². The molecule has 0 bridgehead atoms. The molecular formula is C13H19N3O2. The number of primary amides is 1. The molecule has 0 aliphatic heterocycles. The Labute approximate surface area is 107 Å². The van der Waals surface area contributed by atoms with E-state index >= 15 is 0 Å². The van der Waals surface area contributed by atoms with E-state index in [0.717, 1.165) is 5.56 Å². The summed E-state index contributed by atoms with van der Waals surface area (Å²) in [6.45, 7) is 0.509. The zero-order valence-electron chi connectivity index (χ0n) is 10.7. The van der Waals surface area contributed by atoms with Crippen molar-refractivity contribution in [3.05, 3.63) is 35.9 Å². The standard InChI is InChI=1S/C13H19N3O2/c1-16(2)12(17)8-11(13(14)18)15-9-10-6-4-3-5-7-10/h3-7,11,15H,8-9H2,1-2H3,(H2,14,18). The maximum Gasteiger partial charge on any atom is 0.235 e. The van der Waals surface area contributed by atoms with Gasteiger partial charge in [0.25, 0.3) is 0 Å². The van der Waals surface area contributed by atoms with Crippen LogP contribution in [-0.4, -0.2) is 36.9 Å². The van der Waals surface area contributed by atoms with Gasteiger partial charge in [-0.2, -0.15) is 0 Å². The van der Waals surface area contributed by atoms with E-state index in [1.807, 2.05) is 30.3 Å². The molecule has 1 aromatic carbocycles. The Morgan fingerprint density at radius 3 is 2.39 bits per heavy atom. The average molecular weight is 249 g/mol. The highest BCUT2D eigenvalue weighted by Crippen LogP contribution is 2.01. The topological polar surface area (TPSA) is 75.4 Å². The first-order valence-electron chi connectivity index (χ1n) is 5.77. The van der Waals surface area contributed by atoms with Gasteiger partial charge in [-0.25, -0.2) is 0 Å². The fourth-order valence-electron chi connectivity index (χ4n) is 1.47. The largest absolute Gasteiger partial charge is 0.368 e. The Balaban J connectivity index is 2.54. The van der Waals surface area contributed by atoms with Crippen molar-refractivity contribution in [3.8, 4) is 0 Å². The number of nitrogens with zero attached hydrogens (tertiary/aromatic N) is 1. The summed E-state index contributed by atoms with van der Waals surface area (Å²) < 4.78 is 0. The van der Waals surface area contributed by atoms with Crippen LogP contribution in [0.15, 0.2) is 30.3 Å². The molecule has 5 heteroatoms. The third kappa shape index (κ3) is 4.55. The molecular weight excluding hydrogens is 230 g/mol. The van der Waals surface area contributed by atoms with Crippen LogP contribution in [0.3, 0.4) is 0 Å². The van der Waals surface area contributed by atoms with Crippen LogP contribution in [0.2, 0.25) is 0 Å². The molecule has 3 N–H and O–H groups in total. The van der Waals surface area contributed by atoms with Crippen LogP contribution >= 0.6 is 0 Å². The van der Waals surface area contributed by atoms with E-state index in [2.05, 4.69) is 5.32 Å². The maximum absolute atomic E-state index is 11.5. The fourth-order valence-corrected chi connectivity index (χ4v) is 1.47. The minimum Gasteiger partial charge on any atom is -0.368 e. The van der Waals surface area contributed by atoms with Crippen molar-refractivity contribution < 1.29 is 9.59 Å². The first-order chi connectivity index (χ1) is 8.50. The van der Waals surface area contributed by atoms with Crippen LogP contribution in [0.25, 0.3) is 0 Å². The number of rotatable bonds is 6. The Kier molecular flexibility index (Phi) is 5.32. The Bertz CT molecular complexity index is 404. The summed E-state index contributed by atoms with van der Waals surface area (Å²) in [6.07, 6.45) is 0.0785.